The van der Waals surface area contributed by atoms with Crippen molar-refractivity contribution < 1.29 is 5.11 Å². The van der Waals surface area contributed by atoms with E-state index in [9.17, 15) is 0 Å². The van der Waals surface area contributed by atoms with Crippen LogP contribution in [0.25, 0.3) is 0 Å². The van der Waals surface area contributed by atoms with Gasteiger partial charge in [-0.25, -0.2) is 19.9 Å². The first-order chi connectivity index (χ1) is 13.0. The van der Waals surface area contributed by atoms with E-state index in [1.165, 1.54) is 12.8 Å². The highest BCUT2D eigenvalue weighted by atomic mass is 16.3. The molecular formula is C20H30N6O. The summed E-state index contributed by atoms with van der Waals surface area (Å²) in [6, 6.07) is 4.41. The summed E-state index contributed by atoms with van der Waals surface area (Å²) in [7, 11) is 0. The highest BCUT2D eigenvalue weighted by molar-refractivity contribution is 5.48. The van der Waals surface area contributed by atoms with Crippen LogP contribution < -0.4 is 5.32 Å². The number of likely N-dealkylation sites (tertiary alicyclic amines) is 1. The normalized spacial score (nSPS) is 17.0. The molecule has 0 amide bonds. The Morgan fingerprint density at radius 3 is 2.52 bits per heavy atom. The third-order valence-electron chi connectivity index (χ3n) is 5.26. The smallest absolute Gasteiger partial charge is 0.228 e. The molecule has 2 aromatic heterocycles. The lowest BCUT2D eigenvalue weighted by atomic mass is 9.91. The minimum absolute atomic E-state index is 0.266. The van der Waals surface area contributed by atoms with Gasteiger partial charge in [0.15, 0.2) is 0 Å². The van der Waals surface area contributed by atoms with E-state index < -0.39 is 0 Å². The van der Waals surface area contributed by atoms with Gasteiger partial charge in [-0.15, -0.1) is 0 Å². The van der Waals surface area contributed by atoms with Gasteiger partial charge < -0.3 is 15.3 Å². The monoisotopic (exact) mass is 370 g/mol. The first-order valence-corrected chi connectivity index (χ1v) is 9.78. The van der Waals surface area contributed by atoms with E-state index in [0.29, 0.717) is 17.9 Å². The second kappa shape index (κ2) is 9.19. The Kier molecular flexibility index (Phi) is 6.68. The van der Waals surface area contributed by atoms with Gasteiger partial charge >= 0.3 is 0 Å². The van der Waals surface area contributed by atoms with E-state index in [-0.39, 0.29) is 6.61 Å². The zero-order valence-electron chi connectivity index (χ0n) is 16.5. The second-order valence-electron chi connectivity index (χ2n) is 7.54. The molecule has 2 aromatic rings. The third-order valence-corrected chi connectivity index (χ3v) is 5.26. The van der Waals surface area contributed by atoms with Crippen LogP contribution in [-0.4, -0.2) is 55.7 Å². The number of hydrogen-bond donors (Lipinski definition) is 2. The first-order valence-electron chi connectivity index (χ1n) is 9.78. The van der Waals surface area contributed by atoms with Crippen LogP contribution in [0.4, 0.5) is 11.8 Å². The van der Waals surface area contributed by atoms with Crippen LogP contribution in [0.2, 0.25) is 0 Å². The average Bonchev–Trinajstić information content (AvgIpc) is 2.62. The fourth-order valence-electron chi connectivity index (χ4n) is 3.74. The Morgan fingerprint density at radius 1 is 1.15 bits per heavy atom. The van der Waals surface area contributed by atoms with E-state index in [1.807, 2.05) is 26.0 Å². The quantitative estimate of drug-likeness (QED) is 0.775. The highest BCUT2D eigenvalue weighted by Crippen LogP contribution is 2.23. The van der Waals surface area contributed by atoms with Crippen molar-refractivity contribution >= 4 is 11.8 Å². The Hall–Kier alpha value is -2.12. The number of aryl methyl sites for hydroxylation is 2. The number of aliphatic hydroxyl groups is 1. The van der Waals surface area contributed by atoms with E-state index >= 15 is 0 Å². The molecule has 0 bridgehead atoms. The summed E-state index contributed by atoms with van der Waals surface area (Å²) < 4.78 is 0. The first kappa shape index (κ1) is 19.6. The molecule has 3 heterocycles. The topological polar surface area (TPSA) is 87.1 Å². The van der Waals surface area contributed by atoms with Crippen molar-refractivity contribution in [3.8, 4) is 0 Å². The maximum absolute atomic E-state index is 9.12. The summed E-state index contributed by atoms with van der Waals surface area (Å²) in [5.41, 5.74) is 2.92. The van der Waals surface area contributed by atoms with Crippen LogP contribution in [0.5, 0.6) is 0 Å². The largest absolute Gasteiger partial charge is 0.396 e. The SMILES string of the molecule is Cc1cc(C)nc(Nc2cc(CC3CCN([C@@H](C)CCO)CC3)ncn2)n1. The number of anilines is 2. The number of nitrogens with zero attached hydrogens (tertiary/aromatic N) is 5. The lowest BCUT2D eigenvalue weighted by Gasteiger charge is -2.35. The van der Waals surface area contributed by atoms with Crippen LogP contribution in [0.15, 0.2) is 18.5 Å². The zero-order valence-corrected chi connectivity index (χ0v) is 16.5. The van der Waals surface area contributed by atoms with Crippen molar-refractivity contribution in [1.82, 2.24) is 24.8 Å². The van der Waals surface area contributed by atoms with Crippen molar-refractivity contribution in [2.75, 3.05) is 25.0 Å². The predicted molar refractivity (Wildman–Crippen MR) is 106 cm³/mol. The lowest BCUT2D eigenvalue weighted by Crippen LogP contribution is -2.40. The Bertz CT molecular complexity index is 725. The molecule has 7 nitrogen and oxygen atoms in total. The number of aliphatic hydroxyl groups excluding tert-OH is 1. The summed E-state index contributed by atoms with van der Waals surface area (Å²) in [6.45, 7) is 8.57. The van der Waals surface area contributed by atoms with Gasteiger partial charge in [-0.05, 0) is 71.5 Å². The Morgan fingerprint density at radius 2 is 1.85 bits per heavy atom. The molecule has 3 rings (SSSR count). The zero-order chi connectivity index (χ0) is 19.2. The number of piperidine rings is 1. The lowest BCUT2D eigenvalue weighted by molar-refractivity contribution is 0.119. The molecule has 0 unspecified atom stereocenters. The number of nitrogens with one attached hydrogen (secondary N) is 1. The fraction of sp³-hybridized carbons (Fsp3) is 0.600. The Labute approximate surface area is 161 Å². The van der Waals surface area contributed by atoms with Crippen molar-refractivity contribution in [2.45, 2.75) is 52.5 Å². The number of aromatic nitrogens is 4. The summed E-state index contributed by atoms with van der Waals surface area (Å²) in [6.07, 6.45) is 5.77. The molecule has 1 aliphatic rings. The van der Waals surface area contributed by atoms with Gasteiger partial charge in [0.25, 0.3) is 0 Å². The molecule has 0 aliphatic carbocycles. The van der Waals surface area contributed by atoms with Gasteiger partial charge in [-0.1, -0.05) is 0 Å². The molecule has 2 N–H and O–H groups in total. The van der Waals surface area contributed by atoms with Gasteiger partial charge in [0.1, 0.15) is 12.1 Å². The van der Waals surface area contributed by atoms with Gasteiger partial charge in [-0.3, -0.25) is 0 Å². The van der Waals surface area contributed by atoms with Crippen LogP contribution in [0, 0.1) is 19.8 Å². The summed E-state index contributed by atoms with van der Waals surface area (Å²) in [4.78, 5) is 20.1. The van der Waals surface area contributed by atoms with Gasteiger partial charge in [-0.2, -0.15) is 0 Å². The van der Waals surface area contributed by atoms with Crippen molar-refractivity contribution in [1.29, 1.82) is 0 Å². The Balaban J connectivity index is 1.57. The molecule has 1 fully saturated rings. The number of rotatable bonds is 7. The van der Waals surface area contributed by atoms with Gasteiger partial charge in [0.2, 0.25) is 5.95 Å². The van der Waals surface area contributed by atoms with Crippen molar-refractivity contribution in [2.24, 2.45) is 5.92 Å². The van der Waals surface area contributed by atoms with Crippen LogP contribution >= 0.6 is 0 Å². The average molecular weight is 371 g/mol. The molecule has 0 aromatic carbocycles. The van der Waals surface area contributed by atoms with E-state index in [2.05, 4.69) is 37.1 Å². The standard InChI is InChI=1S/C20H30N6O/c1-14-10-15(2)24-20(23-14)25-19-12-18(21-13-22-19)11-17-4-7-26(8-5-17)16(3)6-9-27/h10,12-13,16-17,27H,4-9,11H2,1-3H3,(H,21,22,23,24,25)/t16-/m0/s1. The minimum atomic E-state index is 0.266. The molecule has 0 radical (unpaired) electrons. The summed E-state index contributed by atoms with van der Waals surface area (Å²) >= 11 is 0. The molecule has 0 spiro atoms. The fourth-order valence-corrected chi connectivity index (χ4v) is 3.74. The maximum atomic E-state index is 9.12. The van der Waals surface area contributed by atoms with Crippen LogP contribution in [0.3, 0.4) is 0 Å². The maximum Gasteiger partial charge on any atom is 0.228 e. The van der Waals surface area contributed by atoms with Crippen LogP contribution in [0.1, 0.15) is 43.3 Å². The molecular weight excluding hydrogens is 340 g/mol. The summed E-state index contributed by atoms with van der Waals surface area (Å²) in [5.74, 6) is 1.95. The van der Waals surface area contributed by atoms with Gasteiger partial charge in [0.05, 0.1) is 0 Å². The second-order valence-corrected chi connectivity index (χ2v) is 7.54. The highest BCUT2D eigenvalue weighted by Gasteiger charge is 2.23. The molecule has 1 saturated heterocycles. The van der Waals surface area contributed by atoms with Crippen molar-refractivity contribution in [3.63, 3.8) is 0 Å². The third kappa shape index (κ3) is 5.68. The van der Waals surface area contributed by atoms with E-state index in [1.54, 1.807) is 6.33 Å². The predicted octanol–water partition coefficient (Wildman–Crippen LogP) is 2.65. The van der Waals surface area contributed by atoms with E-state index in [4.69, 9.17) is 5.11 Å². The molecule has 0 saturated carbocycles. The minimum Gasteiger partial charge on any atom is -0.396 e. The van der Waals surface area contributed by atoms with Gasteiger partial charge in [0, 0.05) is 35.8 Å². The molecule has 1 atom stereocenters. The molecule has 146 valence electrons. The van der Waals surface area contributed by atoms with Crippen LogP contribution in [-0.2, 0) is 6.42 Å². The van der Waals surface area contributed by atoms with Crippen molar-refractivity contribution in [3.05, 3.63) is 35.5 Å². The number of hydrogen-bond acceptors (Lipinski definition) is 7. The molecule has 27 heavy (non-hydrogen) atoms. The summed E-state index contributed by atoms with van der Waals surface area (Å²) in [5, 5.41) is 12.3. The molecule has 1 aliphatic heterocycles. The molecule has 7 heteroatoms. The van der Waals surface area contributed by atoms with E-state index in [0.717, 1.165) is 48.8 Å².